The SMILES string of the molecule is Cc1cc(C)c2cc(C3OC(CO)C(O)C3O)c(=S)[nH]c2n1. The van der Waals surface area contributed by atoms with Gasteiger partial charge in [0.1, 0.15) is 34.7 Å². The molecule has 3 heterocycles. The standard InChI is InChI=1S/C15H18N2O4S/c1-6-3-7(2)16-14-8(6)4-9(15(22)17-14)13-12(20)11(19)10(5-18)21-13/h3-4,10-13,18-20H,5H2,1-2H3,(H,16,17,22). The number of rotatable bonds is 2. The highest BCUT2D eigenvalue weighted by molar-refractivity contribution is 7.71. The van der Waals surface area contributed by atoms with Gasteiger partial charge >= 0.3 is 0 Å². The lowest BCUT2D eigenvalue weighted by atomic mass is 10.0. The Labute approximate surface area is 132 Å². The van der Waals surface area contributed by atoms with Crippen molar-refractivity contribution < 1.29 is 20.1 Å². The van der Waals surface area contributed by atoms with Gasteiger partial charge in [0.05, 0.1) is 6.61 Å². The number of aliphatic hydroxyl groups excluding tert-OH is 3. The van der Waals surface area contributed by atoms with Crippen molar-refractivity contribution >= 4 is 23.3 Å². The van der Waals surface area contributed by atoms with Gasteiger partial charge in [-0.2, -0.15) is 0 Å². The Balaban J connectivity index is 2.12. The molecule has 0 aromatic carbocycles. The van der Waals surface area contributed by atoms with Gasteiger partial charge in [0.15, 0.2) is 0 Å². The van der Waals surface area contributed by atoms with Crippen molar-refractivity contribution in [2.45, 2.75) is 38.3 Å². The van der Waals surface area contributed by atoms with Crippen molar-refractivity contribution in [3.63, 3.8) is 0 Å². The first-order chi connectivity index (χ1) is 10.4. The predicted molar refractivity (Wildman–Crippen MR) is 83.1 cm³/mol. The van der Waals surface area contributed by atoms with Crippen LogP contribution in [-0.4, -0.2) is 50.2 Å². The van der Waals surface area contributed by atoms with Gasteiger partial charge in [-0.25, -0.2) is 4.98 Å². The fourth-order valence-corrected chi connectivity index (χ4v) is 3.16. The number of aryl methyl sites for hydroxylation is 2. The van der Waals surface area contributed by atoms with Crippen molar-refractivity contribution in [3.05, 3.63) is 33.6 Å². The quantitative estimate of drug-likeness (QED) is 0.617. The molecule has 7 heteroatoms. The van der Waals surface area contributed by atoms with Crippen LogP contribution in [0.4, 0.5) is 0 Å². The van der Waals surface area contributed by atoms with Gasteiger partial charge < -0.3 is 25.0 Å². The maximum atomic E-state index is 10.2. The molecule has 1 fully saturated rings. The number of nitrogens with one attached hydrogen (secondary N) is 1. The average Bonchev–Trinajstić information content (AvgIpc) is 2.74. The number of hydrogen-bond acceptors (Lipinski definition) is 6. The highest BCUT2D eigenvalue weighted by Gasteiger charge is 2.43. The van der Waals surface area contributed by atoms with E-state index in [2.05, 4.69) is 9.97 Å². The lowest BCUT2D eigenvalue weighted by Crippen LogP contribution is -2.32. The molecule has 1 aliphatic heterocycles. The summed E-state index contributed by atoms with van der Waals surface area (Å²) in [7, 11) is 0. The van der Waals surface area contributed by atoms with Gasteiger partial charge in [0.2, 0.25) is 0 Å². The Morgan fingerprint density at radius 2 is 2.00 bits per heavy atom. The molecular formula is C15H18N2O4S. The number of ether oxygens (including phenoxy) is 1. The fraction of sp³-hybridized carbons (Fsp3) is 0.467. The summed E-state index contributed by atoms with van der Waals surface area (Å²) >= 11 is 5.34. The third kappa shape index (κ3) is 2.45. The summed E-state index contributed by atoms with van der Waals surface area (Å²) in [6, 6.07) is 3.79. The van der Waals surface area contributed by atoms with Crippen molar-refractivity contribution in [2.24, 2.45) is 0 Å². The maximum absolute atomic E-state index is 10.2. The normalized spacial score (nSPS) is 28.4. The Kier molecular flexibility index (Phi) is 4.00. The van der Waals surface area contributed by atoms with Gasteiger partial charge in [-0.05, 0) is 31.5 Å². The van der Waals surface area contributed by atoms with E-state index in [4.69, 9.17) is 17.0 Å². The van der Waals surface area contributed by atoms with E-state index in [1.165, 1.54) is 0 Å². The van der Waals surface area contributed by atoms with Crippen molar-refractivity contribution in [1.82, 2.24) is 9.97 Å². The van der Waals surface area contributed by atoms with Crippen LogP contribution in [0.1, 0.15) is 22.9 Å². The molecule has 1 saturated heterocycles. The van der Waals surface area contributed by atoms with Crippen LogP contribution in [-0.2, 0) is 4.74 Å². The molecule has 22 heavy (non-hydrogen) atoms. The van der Waals surface area contributed by atoms with Gasteiger partial charge in [-0.1, -0.05) is 12.2 Å². The fourth-order valence-electron chi connectivity index (χ4n) is 2.89. The molecule has 0 spiro atoms. The van der Waals surface area contributed by atoms with Crippen molar-refractivity contribution in [1.29, 1.82) is 0 Å². The second kappa shape index (κ2) is 5.68. The van der Waals surface area contributed by atoms with Crippen LogP contribution in [0.25, 0.3) is 11.0 Å². The smallest absolute Gasteiger partial charge is 0.138 e. The van der Waals surface area contributed by atoms with E-state index in [0.29, 0.717) is 15.9 Å². The Morgan fingerprint density at radius 3 is 2.64 bits per heavy atom. The second-order valence-electron chi connectivity index (χ2n) is 5.66. The first kappa shape index (κ1) is 15.5. The van der Waals surface area contributed by atoms with Crippen LogP contribution in [0.5, 0.6) is 0 Å². The van der Waals surface area contributed by atoms with Gasteiger partial charge in [0.25, 0.3) is 0 Å². The first-order valence-corrected chi connectivity index (χ1v) is 7.47. The lowest BCUT2D eigenvalue weighted by Gasteiger charge is -2.16. The highest BCUT2D eigenvalue weighted by atomic mass is 32.1. The minimum absolute atomic E-state index is 0.363. The molecule has 4 unspecified atom stereocenters. The molecule has 4 N–H and O–H groups in total. The van der Waals surface area contributed by atoms with Gasteiger partial charge in [0, 0.05) is 16.6 Å². The van der Waals surface area contributed by atoms with E-state index in [1.807, 2.05) is 26.0 Å². The first-order valence-electron chi connectivity index (χ1n) is 7.06. The zero-order valence-electron chi connectivity index (χ0n) is 12.3. The zero-order chi connectivity index (χ0) is 16.0. The van der Waals surface area contributed by atoms with E-state index in [-0.39, 0.29) is 6.61 Å². The molecule has 2 aromatic rings. The van der Waals surface area contributed by atoms with E-state index in [0.717, 1.165) is 16.6 Å². The lowest BCUT2D eigenvalue weighted by molar-refractivity contribution is -0.0229. The van der Waals surface area contributed by atoms with E-state index in [9.17, 15) is 15.3 Å². The van der Waals surface area contributed by atoms with E-state index in [1.54, 1.807) is 0 Å². The summed E-state index contributed by atoms with van der Waals surface area (Å²) in [5.74, 6) is 0. The number of nitrogens with zero attached hydrogens (tertiary/aromatic N) is 1. The van der Waals surface area contributed by atoms with Crippen LogP contribution in [0.15, 0.2) is 12.1 Å². The summed E-state index contributed by atoms with van der Waals surface area (Å²) in [5, 5.41) is 30.1. The largest absolute Gasteiger partial charge is 0.394 e. The van der Waals surface area contributed by atoms with Crippen molar-refractivity contribution in [2.75, 3.05) is 6.61 Å². The molecule has 6 nitrogen and oxygen atoms in total. The summed E-state index contributed by atoms with van der Waals surface area (Å²) < 4.78 is 5.96. The highest BCUT2D eigenvalue weighted by Crippen LogP contribution is 2.35. The molecular weight excluding hydrogens is 304 g/mol. The molecule has 4 atom stereocenters. The Morgan fingerprint density at radius 1 is 1.27 bits per heavy atom. The molecule has 118 valence electrons. The van der Waals surface area contributed by atoms with Gasteiger partial charge in [-0.3, -0.25) is 0 Å². The molecule has 0 aliphatic carbocycles. The molecule has 3 rings (SSSR count). The summed E-state index contributed by atoms with van der Waals surface area (Å²) in [6.07, 6.45) is -3.87. The van der Waals surface area contributed by atoms with E-state index >= 15 is 0 Å². The third-order valence-electron chi connectivity index (χ3n) is 4.04. The van der Waals surface area contributed by atoms with Gasteiger partial charge in [-0.15, -0.1) is 0 Å². The number of aliphatic hydroxyl groups is 3. The Bertz CT molecular complexity index is 776. The third-order valence-corrected chi connectivity index (χ3v) is 4.37. The van der Waals surface area contributed by atoms with E-state index < -0.39 is 24.4 Å². The zero-order valence-corrected chi connectivity index (χ0v) is 13.1. The minimum atomic E-state index is -1.14. The number of aromatic nitrogens is 2. The predicted octanol–water partition coefficient (Wildman–Crippen LogP) is 1.06. The summed E-state index contributed by atoms with van der Waals surface area (Å²) in [4.78, 5) is 7.47. The maximum Gasteiger partial charge on any atom is 0.138 e. The van der Waals surface area contributed by atoms with Crippen LogP contribution < -0.4 is 0 Å². The number of aromatic amines is 1. The van der Waals surface area contributed by atoms with Crippen LogP contribution in [0.3, 0.4) is 0 Å². The monoisotopic (exact) mass is 322 g/mol. The molecule has 0 amide bonds. The number of pyridine rings is 2. The Hall–Kier alpha value is -1.38. The summed E-state index contributed by atoms with van der Waals surface area (Å²) in [5.41, 5.74) is 3.18. The van der Waals surface area contributed by atoms with Crippen LogP contribution >= 0.6 is 12.2 Å². The minimum Gasteiger partial charge on any atom is -0.394 e. The molecule has 2 aromatic heterocycles. The van der Waals surface area contributed by atoms with Crippen LogP contribution in [0.2, 0.25) is 0 Å². The van der Waals surface area contributed by atoms with Crippen molar-refractivity contribution in [3.8, 4) is 0 Å². The number of H-pyrrole nitrogens is 1. The summed E-state index contributed by atoms with van der Waals surface area (Å²) in [6.45, 7) is 3.51. The number of hydrogen-bond donors (Lipinski definition) is 4. The molecule has 0 saturated carbocycles. The number of fused-ring (bicyclic) bond motifs is 1. The molecule has 0 bridgehead atoms. The molecule has 1 aliphatic rings. The second-order valence-corrected chi connectivity index (χ2v) is 6.06. The topological polar surface area (TPSA) is 98.6 Å². The van der Waals surface area contributed by atoms with Crippen LogP contribution in [0, 0.1) is 18.5 Å². The molecule has 0 radical (unpaired) electrons. The average molecular weight is 322 g/mol.